The molecule has 138 valence electrons. The van der Waals surface area contributed by atoms with Crippen LogP contribution < -0.4 is 10.9 Å². The monoisotopic (exact) mass is 372 g/mol. The molecule has 0 aliphatic heterocycles. The molecule has 0 spiro atoms. The van der Waals surface area contributed by atoms with E-state index in [1.807, 2.05) is 12.1 Å². The van der Waals surface area contributed by atoms with E-state index in [9.17, 15) is 9.59 Å². The first-order chi connectivity index (χ1) is 12.5. The third-order valence-corrected chi connectivity index (χ3v) is 6.57. The normalized spacial score (nSPS) is 32.0. The van der Waals surface area contributed by atoms with E-state index >= 15 is 0 Å². The van der Waals surface area contributed by atoms with Gasteiger partial charge in [0.2, 0.25) is 5.91 Å². The van der Waals surface area contributed by atoms with E-state index in [-0.39, 0.29) is 17.2 Å². The second-order valence-electron chi connectivity index (χ2n) is 8.52. The van der Waals surface area contributed by atoms with Gasteiger partial charge in [-0.15, -0.1) is 0 Å². The van der Waals surface area contributed by atoms with Crippen LogP contribution in [-0.4, -0.2) is 11.8 Å². The van der Waals surface area contributed by atoms with E-state index in [4.69, 9.17) is 11.6 Å². The van der Waals surface area contributed by atoms with Crippen molar-refractivity contribution in [2.24, 2.45) is 23.2 Å². The molecule has 2 amide bonds. The molecule has 4 aliphatic rings. The van der Waals surface area contributed by atoms with Crippen LogP contribution in [0.15, 0.2) is 30.3 Å². The van der Waals surface area contributed by atoms with E-state index < -0.39 is 0 Å². The molecule has 1 aromatic rings. The number of halogens is 1. The Bertz CT molecular complexity index is 691. The number of benzene rings is 1. The average molecular weight is 373 g/mol. The Morgan fingerprint density at radius 2 is 1.58 bits per heavy atom. The van der Waals surface area contributed by atoms with Gasteiger partial charge >= 0.3 is 0 Å². The first-order valence-electron chi connectivity index (χ1n) is 9.52. The Morgan fingerprint density at radius 3 is 2.15 bits per heavy atom. The molecular formula is C21H25ClN2O2. The summed E-state index contributed by atoms with van der Waals surface area (Å²) in [6, 6.07) is 7.20. The first kappa shape index (κ1) is 17.6. The highest BCUT2D eigenvalue weighted by molar-refractivity contribution is 6.30. The van der Waals surface area contributed by atoms with Crippen molar-refractivity contribution >= 4 is 29.5 Å². The maximum absolute atomic E-state index is 12.4. The predicted molar refractivity (Wildman–Crippen MR) is 102 cm³/mol. The summed E-state index contributed by atoms with van der Waals surface area (Å²) < 4.78 is 0. The summed E-state index contributed by atoms with van der Waals surface area (Å²) in [6.45, 7) is 0. The molecule has 4 fully saturated rings. The highest BCUT2D eigenvalue weighted by Crippen LogP contribution is 2.61. The van der Waals surface area contributed by atoms with Crippen molar-refractivity contribution in [3.05, 3.63) is 40.9 Å². The van der Waals surface area contributed by atoms with Crippen molar-refractivity contribution in [2.45, 2.75) is 44.9 Å². The smallest absolute Gasteiger partial charge is 0.262 e. The van der Waals surface area contributed by atoms with Gasteiger partial charge in [0.25, 0.3) is 5.91 Å². The Labute approximate surface area is 159 Å². The number of hydrazine groups is 1. The number of nitrogens with one attached hydrogen (secondary N) is 2. The Kier molecular flexibility index (Phi) is 4.78. The summed E-state index contributed by atoms with van der Waals surface area (Å²) in [5, 5.41) is 0.656. The highest BCUT2D eigenvalue weighted by Gasteiger charge is 2.51. The third-order valence-electron chi connectivity index (χ3n) is 6.32. The van der Waals surface area contributed by atoms with Gasteiger partial charge in [-0.1, -0.05) is 23.7 Å². The zero-order valence-electron chi connectivity index (χ0n) is 14.8. The molecule has 26 heavy (non-hydrogen) atoms. The van der Waals surface area contributed by atoms with Crippen molar-refractivity contribution in [3.63, 3.8) is 0 Å². The average Bonchev–Trinajstić information content (AvgIpc) is 2.58. The lowest BCUT2D eigenvalue weighted by Crippen LogP contribution is -2.49. The maximum Gasteiger partial charge on any atom is 0.262 e. The lowest BCUT2D eigenvalue weighted by Gasteiger charge is -2.56. The molecule has 4 bridgehead atoms. The van der Waals surface area contributed by atoms with Gasteiger partial charge in [0.15, 0.2) is 0 Å². The summed E-state index contributed by atoms with van der Waals surface area (Å²) in [7, 11) is 0. The molecule has 0 saturated heterocycles. The lowest BCUT2D eigenvalue weighted by atomic mass is 9.49. The molecule has 0 heterocycles. The molecule has 0 aromatic heterocycles. The molecule has 2 N–H and O–H groups in total. The molecule has 0 atom stereocenters. The fourth-order valence-corrected chi connectivity index (χ4v) is 5.94. The quantitative estimate of drug-likeness (QED) is 0.617. The van der Waals surface area contributed by atoms with Gasteiger partial charge in [-0.3, -0.25) is 20.4 Å². The molecule has 4 nitrogen and oxygen atoms in total. The second kappa shape index (κ2) is 7.07. The summed E-state index contributed by atoms with van der Waals surface area (Å²) in [4.78, 5) is 24.3. The molecule has 5 heteroatoms. The van der Waals surface area contributed by atoms with Crippen molar-refractivity contribution in [1.82, 2.24) is 10.9 Å². The number of hydrogen-bond acceptors (Lipinski definition) is 2. The molecule has 1 aromatic carbocycles. The number of hydrogen-bond donors (Lipinski definition) is 2. The Morgan fingerprint density at radius 1 is 1.00 bits per heavy atom. The molecule has 4 saturated carbocycles. The number of carbonyl (C=O) groups excluding carboxylic acids is 2. The van der Waals surface area contributed by atoms with Crippen LogP contribution in [0.5, 0.6) is 0 Å². The van der Waals surface area contributed by atoms with Crippen LogP contribution in [0.25, 0.3) is 6.08 Å². The predicted octanol–water partition coefficient (Wildman–Crippen LogP) is 4.11. The van der Waals surface area contributed by atoms with Crippen molar-refractivity contribution in [2.75, 3.05) is 0 Å². The van der Waals surface area contributed by atoms with Gasteiger partial charge in [-0.2, -0.15) is 0 Å². The second-order valence-corrected chi connectivity index (χ2v) is 8.95. The van der Waals surface area contributed by atoms with E-state index in [0.717, 1.165) is 23.3 Å². The zero-order valence-corrected chi connectivity index (χ0v) is 15.6. The fraction of sp³-hybridized carbons (Fsp3) is 0.524. The first-order valence-corrected chi connectivity index (χ1v) is 9.90. The summed E-state index contributed by atoms with van der Waals surface area (Å²) in [5.74, 6) is 2.07. The number of rotatable bonds is 4. The van der Waals surface area contributed by atoms with E-state index in [1.165, 1.54) is 44.6 Å². The molecule has 0 radical (unpaired) electrons. The summed E-state index contributed by atoms with van der Waals surface area (Å²) in [5.41, 5.74) is 6.15. The van der Waals surface area contributed by atoms with Gasteiger partial charge in [0.1, 0.15) is 0 Å². The van der Waals surface area contributed by atoms with Gasteiger partial charge < -0.3 is 0 Å². The number of carbonyl (C=O) groups is 2. The molecule has 0 unspecified atom stereocenters. The lowest BCUT2D eigenvalue weighted by molar-refractivity contribution is -0.133. The van der Waals surface area contributed by atoms with Crippen LogP contribution in [-0.2, 0) is 9.59 Å². The van der Waals surface area contributed by atoms with Crippen molar-refractivity contribution in [1.29, 1.82) is 0 Å². The van der Waals surface area contributed by atoms with Gasteiger partial charge in [0, 0.05) is 17.5 Å². The van der Waals surface area contributed by atoms with Gasteiger partial charge in [-0.05, 0) is 85.5 Å². The fourth-order valence-electron chi connectivity index (χ4n) is 5.81. The summed E-state index contributed by atoms with van der Waals surface area (Å²) in [6.07, 6.45) is 11.3. The van der Waals surface area contributed by atoms with Crippen LogP contribution in [0.2, 0.25) is 5.02 Å². The SMILES string of the molecule is O=C(C=Cc1ccc(Cl)cc1)NNC(=O)CC12CC3CC(CC(C3)C1)C2. The van der Waals surface area contributed by atoms with E-state index in [2.05, 4.69) is 10.9 Å². The molecule has 5 rings (SSSR count). The topological polar surface area (TPSA) is 58.2 Å². The van der Waals surface area contributed by atoms with Crippen LogP contribution in [0, 0.1) is 23.2 Å². The van der Waals surface area contributed by atoms with Gasteiger partial charge in [-0.25, -0.2) is 0 Å². The molecule has 4 aliphatic carbocycles. The largest absolute Gasteiger partial charge is 0.273 e. The van der Waals surface area contributed by atoms with E-state index in [1.54, 1.807) is 18.2 Å². The maximum atomic E-state index is 12.4. The standard InChI is InChI=1S/C21H25ClN2O2/c22-18-4-1-14(2-5-18)3-6-19(25)23-24-20(26)13-21-10-15-7-16(11-21)9-17(8-15)12-21/h1-6,15-17H,7-13H2,(H,23,25)(H,24,26). The minimum Gasteiger partial charge on any atom is -0.273 e. The minimum atomic E-state index is -0.334. The van der Waals surface area contributed by atoms with Crippen LogP contribution >= 0.6 is 11.6 Å². The van der Waals surface area contributed by atoms with Gasteiger partial charge in [0.05, 0.1) is 0 Å². The van der Waals surface area contributed by atoms with E-state index in [0.29, 0.717) is 11.4 Å². The number of amides is 2. The Hall–Kier alpha value is -1.81. The highest BCUT2D eigenvalue weighted by atomic mass is 35.5. The zero-order chi connectivity index (χ0) is 18.1. The molecular weight excluding hydrogens is 348 g/mol. The van der Waals surface area contributed by atoms with Crippen LogP contribution in [0.4, 0.5) is 0 Å². The Balaban J connectivity index is 1.26. The van der Waals surface area contributed by atoms with Crippen molar-refractivity contribution in [3.8, 4) is 0 Å². The van der Waals surface area contributed by atoms with Crippen molar-refractivity contribution < 1.29 is 9.59 Å². The third kappa shape index (κ3) is 3.96. The summed E-state index contributed by atoms with van der Waals surface area (Å²) >= 11 is 5.84. The minimum absolute atomic E-state index is 0.0693. The van der Waals surface area contributed by atoms with Crippen LogP contribution in [0.1, 0.15) is 50.5 Å². The van der Waals surface area contributed by atoms with Crippen LogP contribution in [0.3, 0.4) is 0 Å².